The average Bonchev–Trinajstić information content (AvgIpc) is 2.97. The van der Waals surface area contributed by atoms with Crippen LogP contribution in [0.3, 0.4) is 0 Å². The molecule has 41 heavy (non-hydrogen) atoms. The van der Waals surface area contributed by atoms with Crippen molar-refractivity contribution in [1.29, 1.82) is 0 Å². The Morgan fingerprint density at radius 3 is 2.27 bits per heavy atom. The Kier molecular flexibility index (Phi) is 8.26. The highest BCUT2D eigenvalue weighted by molar-refractivity contribution is 9.10. The number of carbonyl (C=O) groups is 1. The molecule has 1 aromatic heterocycles. The molecular weight excluding hydrogens is 580 g/mol. The third kappa shape index (κ3) is 5.91. The predicted molar refractivity (Wildman–Crippen MR) is 167 cm³/mol. The first-order valence-electron chi connectivity index (χ1n) is 13.2. The van der Waals surface area contributed by atoms with E-state index in [1.54, 1.807) is 26.4 Å². The third-order valence-electron chi connectivity index (χ3n) is 6.99. The topological polar surface area (TPSA) is 69.7 Å². The van der Waals surface area contributed by atoms with Crippen molar-refractivity contribution < 1.29 is 19.0 Å². The Morgan fingerprint density at radius 1 is 0.878 bits per heavy atom. The molecule has 0 unspecified atom stereocenters. The Hall–Kier alpha value is -4.36. The fourth-order valence-electron chi connectivity index (χ4n) is 4.98. The summed E-state index contributed by atoms with van der Waals surface area (Å²) in [6.07, 6.45) is 0. The van der Waals surface area contributed by atoms with Crippen molar-refractivity contribution in [2.75, 3.05) is 19.5 Å². The van der Waals surface area contributed by atoms with E-state index in [-0.39, 0.29) is 5.91 Å². The molecule has 0 atom stereocenters. The lowest BCUT2D eigenvalue weighted by atomic mass is 9.94. The van der Waals surface area contributed by atoms with Crippen LogP contribution in [0, 0.1) is 20.8 Å². The van der Waals surface area contributed by atoms with E-state index in [0.717, 1.165) is 54.6 Å². The molecule has 1 heterocycles. The van der Waals surface area contributed by atoms with Gasteiger partial charge in [0.05, 0.1) is 41.2 Å². The molecule has 5 aromatic rings. The van der Waals surface area contributed by atoms with Crippen molar-refractivity contribution in [2.45, 2.75) is 27.4 Å². The van der Waals surface area contributed by atoms with Gasteiger partial charge in [-0.2, -0.15) is 0 Å². The highest BCUT2D eigenvalue weighted by atomic mass is 79.9. The van der Waals surface area contributed by atoms with Crippen LogP contribution in [0.1, 0.15) is 32.6 Å². The Balaban J connectivity index is 1.55. The lowest BCUT2D eigenvalue weighted by Gasteiger charge is -2.18. The molecule has 0 saturated heterocycles. The lowest BCUT2D eigenvalue weighted by molar-refractivity contribution is 0.102. The zero-order chi connectivity index (χ0) is 29.1. The van der Waals surface area contributed by atoms with Gasteiger partial charge < -0.3 is 19.5 Å². The predicted octanol–water partition coefficient (Wildman–Crippen LogP) is 8.44. The summed E-state index contributed by atoms with van der Waals surface area (Å²) >= 11 is 3.48. The monoisotopic (exact) mass is 610 g/mol. The minimum Gasteiger partial charge on any atom is -0.495 e. The highest BCUT2D eigenvalue weighted by Gasteiger charge is 2.22. The number of amides is 1. The summed E-state index contributed by atoms with van der Waals surface area (Å²) in [5, 5.41) is 3.86. The largest absolute Gasteiger partial charge is 0.495 e. The molecule has 6 nitrogen and oxygen atoms in total. The molecule has 5 rings (SSSR count). The number of hydrogen-bond donors (Lipinski definition) is 1. The number of ether oxygens (including phenoxy) is 3. The number of benzene rings is 4. The van der Waals surface area contributed by atoms with Crippen molar-refractivity contribution in [3.05, 3.63) is 111 Å². The molecule has 0 radical (unpaired) electrons. The molecule has 0 aliphatic heterocycles. The second-order valence-corrected chi connectivity index (χ2v) is 10.7. The number of nitrogens with one attached hydrogen (secondary N) is 1. The van der Waals surface area contributed by atoms with Crippen LogP contribution in [-0.2, 0) is 6.61 Å². The molecule has 0 spiro atoms. The van der Waals surface area contributed by atoms with Gasteiger partial charge in [-0.05, 0) is 83.7 Å². The van der Waals surface area contributed by atoms with Crippen LogP contribution in [0.15, 0.2) is 83.3 Å². The number of pyridine rings is 1. The van der Waals surface area contributed by atoms with Crippen molar-refractivity contribution in [3.63, 3.8) is 0 Å². The van der Waals surface area contributed by atoms with Crippen molar-refractivity contribution in [3.8, 4) is 28.5 Å². The van der Waals surface area contributed by atoms with Gasteiger partial charge >= 0.3 is 0 Å². The molecule has 0 bridgehead atoms. The number of anilines is 1. The Bertz CT molecular complexity index is 1730. The van der Waals surface area contributed by atoms with Crippen molar-refractivity contribution in [2.24, 2.45) is 0 Å². The summed E-state index contributed by atoms with van der Waals surface area (Å²) in [5.74, 6) is 1.60. The summed E-state index contributed by atoms with van der Waals surface area (Å²) in [4.78, 5) is 19.1. The van der Waals surface area contributed by atoms with E-state index in [0.29, 0.717) is 29.4 Å². The van der Waals surface area contributed by atoms with Gasteiger partial charge in [0.1, 0.15) is 23.9 Å². The first-order valence-corrected chi connectivity index (χ1v) is 14.0. The Labute approximate surface area is 248 Å². The van der Waals surface area contributed by atoms with Gasteiger partial charge in [0.15, 0.2) is 0 Å². The summed E-state index contributed by atoms with van der Waals surface area (Å²) < 4.78 is 17.7. The number of methoxy groups -OCH3 is 2. The molecule has 208 valence electrons. The van der Waals surface area contributed by atoms with E-state index in [1.807, 2.05) is 81.4 Å². The number of fused-ring (bicyclic) bond motifs is 1. The fourth-order valence-corrected chi connectivity index (χ4v) is 5.47. The van der Waals surface area contributed by atoms with E-state index in [4.69, 9.17) is 19.2 Å². The van der Waals surface area contributed by atoms with Gasteiger partial charge in [0.2, 0.25) is 0 Å². The van der Waals surface area contributed by atoms with Crippen LogP contribution in [0.25, 0.3) is 22.2 Å². The number of hydrogen-bond acceptors (Lipinski definition) is 5. The molecule has 4 aromatic carbocycles. The number of rotatable bonds is 8. The van der Waals surface area contributed by atoms with Crippen LogP contribution >= 0.6 is 15.9 Å². The molecule has 0 saturated carbocycles. The van der Waals surface area contributed by atoms with Crippen LogP contribution in [0.2, 0.25) is 0 Å². The van der Waals surface area contributed by atoms with Crippen LogP contribution in [0.4, 0.5) is 5.69 Å². The average molecular weight is 612 g/mol. The number of aromatic nitrogens is 1. The minimum atomic E-state index is -0.258. The maximum absolute atomic E-state index is 14.0. The first kappa shape index (κ1) is 28.2. The van der Waals surface area contributed by atoms with Gasteiger partial charge in [0.25, 0.3) is 5.91 Å². The number of halogens is 1. The molecule has 1 amide bonds. The number of carbonyl (C=O) groups excluding carboxylic acids is 1. The normalized spacial score (nSPS) is 10.9. The highest BCUT2D eigenvalue weighted by Crippen LogP contribution is 2.38. The summed E-state index contributed by atoms with van der Waals surface area (Å²) in [6.45, 7) is 6.47. The molecule has 0 fully saturated rings. The smallest absolute Gasteiger partial charge is 0.256 e. The third-order valence-corrected chi connectivity index (χ3v) is 7.61. The van der Waals surface area contributed by atoms with Gasteiger partial charge in [0, 0.05) is 23.1 Å². The zero-order valence-corrected chi connectivity index (χ0v) is 25.3. The quantitative estimate of drug-likeness (QED) is 0.191. The maximum Gasteiger partial charge on any atom is 0.256 e. The summed E-state index contributed by atoms with van der Waals surface area (Å²) in [5.41, 5.74) is 7.43. The maximum atomic E-state index is 14.0. The van der Waals surface area contributed by atoms with Crippen LogP contribution < -0.4 is 19.5 Å². The Morgan fingerprint density at radius 2 is 1.59 bits per heavy atom. The zero-order valence-electron chi connectivity index (χ0n) is 23.7. The van der Waals surface area contributed by atoms with E-state index in [2.05, 4.69) is 27.3 Å². The minimum absolute atomic E-state index is 0.258. The van der Waals surface area contributed by atoms with Crippen molar-refractivity contribution >= 4 is 38.4 Å². The van der Waals surface area contributed by atoms with Crippen LogP contribution in [0.5, 0.6) is 17.2 Å². The molecule has 0 aliphatic rings. The standard InChI is InChI=1S/C34H31BrN2O4/c1-20-15-21(2)32-26(16-20)31(34(38)36-28-18-29(39-4)27(35)17-30(28)40-5)22(3)33(37-32)24-11-13-25(14-12-24)41-19-23-9-7-6-8-10-23/h6-18H,19H2,1-5H3,(H,36,38). The van der Waals surface area contributed by atoms with Gasteiger partial charge in [-0.1, -0.05) is 42.0 Å². The number of nitrogens with zero attached hydrogens (tertiary/aromatic N) is 1. The SMILES string of the molecule is COc1cc(NC(=O)c2c(C)c(-c3ccc(OCc4ccccc4)cc3)nc3c(C)cc(C)cc23)c(OC)cc1Br. The molecular formula is C34H31BrN2O4. The van der Waals surface area contributed by atoms with E-state index in [1.165, 1.54) is 0 Å². The molecule has 7 heteroatoms. The number of aryl methyl sites for hydroxylation is 2. The summed E-state index contributed by atoms with van der Waals surface area (Å²) in [6, 6.07) is 25.5. The second kappa shape index (κ2) is 12.0. The molecule has 0 aliphatic carbocycles. The van der Waals surface area contributed by atoms with Crippen LogP contribution in [-0.4, -0.2) is 25.1 Å². The summed E-state index contributed by atoms with van der Waals surface area (Å²) in [7, 11) is 3.14. The van der Waals surface area contributed by atoms with Gasteiger partial charge in [-0.15, -0.1) is 0 Å². The van der Waals surface area contributed by atoms with Crippen molar-refractivity contribution in [1.82, 2.24) is 4.98 Å². The molecule has 1 N–H and O–H groups in total. The van der Waals surface area contributed by atoms with Gasteiger partial charge in [-0.25, -0.2) is 4.98 Å². The van der Waals surface area contributed by atoms with E-state index < -0.39 is 0 Å². The van der Waals surface area contributed by atoms with Gasteiger partial charge in [-0.3, -0.25) is 4.79 Å². The second-order valence-electron chi connectivity index (χ2n) is 9.88. The first-order chi connectivity index (χ1) is 19.8. The fraction of sp³-hybridized carbons (Fsp3) is 0.176. The van der Waals surface area contributed by atoms with E-state index >= 15 is 0 Å². The lowest BCUT2D eigenvalue weighted by Crippen LogP contribution is -2.16. The van der Waals surface area contributed by atoms with E-state index in [9.17, 15) is 4.79 Å².